The Morgan fingerprint density at radius 2 is 0.938 bits per heavy atom. The van der Waals surface area contributed by atoms with Gasteiger partial charge >= 0.3 is 0 Å². The van der Waals surface area contributed by atoms with Crippen LogP contribution in [0.5, 0.6) is 0 Å². The maximum Gasteiger partial charge on any atom is 0.0824 e. The summed E-state index contributed by atoms with van der Waals surface area (Å²) in [6.45, 7) is 13.8. The third kappa shape index (κ3) is 8.98. The van der Waals surface area contributed by atoms with Crippen LogP contribution in [-0.4, -0.2) is 79.1 Å². The normalized spacial score (nSPS) is 15.6. The average molecular weight is 445 g/mol. The maximum absolute atomic E-state index is 4.19. The third-order valence-electron chi connectivity index (χ3n) is 6.58. The minimum Gasteiger partial charge on any atom is -0.301 e. The van der Waals surface area contributed by atoms with Crippen LogP contribution in [0, 0.1) is 0 Å². The van der Waals surface area contributed by atoms with Crippen LogP contribution in [0.3, 0.4) is 0 Å². The highest BCUT2D eigenvalue weighted by molar-refractivity contribution is 4.91. The van der Waals surface area contributed by atoms with Crippen LogP contribution in [0.1, 0.15) is 76.6 Å². The summed E-state index contributed by atoms with van der Waals surface area (Å²) in [4.78, 5) is 5.31. The van der Waals surface area contributed by atoms with Crippen LogP contribution < -0.4 is 0 Å². The van der Waals surface area contributed by atoms with Crippen LogP contribution in [0.2, 0.25) is 0 Å². The zero-order valence-corrected chi connectivity index (χ0v) is 20.5. The van der Waals surface area contributed by atoms with Gasteiger partial charge in [0.15, 0.2) is 0 Å². The van der Waals surface area contributed by atoms with Gasteiger partial charge in [0.1, 0.15) is 0 Å². The highest BCUT2D eigenvalue weighted by Crippen LogP contribution is 2.09. The number of hydrogen-bond donors (Lipinski definition) is 0. The lowest BCUT2D eigenvalue weighted by Gasteiger charge is -2.34. The van der Waals surface area contributed by atoms with E-state index in [0.29, 0.717) is 0 Å². The molecule has 180 valence electrons. The molecule has 1 aliphatic heterocycles. The quantitative estimate of drug-likeness (QED) is 0.370. The van der Waals surface area contributed by atoms with E-state index < -0.39 is 0 Å². The topological polar surface area (TPSA) is 67.9 Å². The van der Waals surface area contributed by atoms with Crippen molar-refractivity contribution in [2.75, 3.05) is 39.3 Å². The summed E-state index contributed by atoms with van der Waals surface area (Å²) < 4.78 is 3.99. The second-order valence-corrected chi connectivity index (χ2v) is 9.16. The summed E-state index contributed by atoms with van der Waals surface area (Å²) in [5.41, 5.74) is 2.19. The fourth-order valence-corrected chi connectivity index (χ4v) is 4.38. The summed E-state index contributed by atoms with van der Waals surface area (Å²) >= 11 is 0. The van der Waals surface area contributed by atoms with E-state index in [2.05, 4.69) is 56.7 Å². The molecule has 32 heavy (non-hydrogen) atoms. The molecule has 0 spiro atoms. The molecule has 8 nitrogen and oxygen atoms in total. The van der Waals surface area contributed by atoms with Gasteiger partial charge in [-0.05, 0) is 51.6 Å². The molecule has 0 aliphatic carbocycles. The molecule has 0 amide bonds. The molecule has 1 fully saturated rings. The SMILES string of the molecule is CCc1cn(CCCCCCN2CCN(CCCCCCn3cc(CC)nn3)CC2)nn1. The molecular weight excluding hydrogens is 400 g/mol. The van der Waals surface area contributed by atoms with Gasteiger partial charge in [-0.3, -0.25) is 9.36 Å². The summed E-state index contributed by atoms with van der Waals surface area (Å²) in [5.74, 6) is 0. The van der Waals surface area contributed by atoms with Crippen LogP contribution in [-0.2, 0) is 25.9 Å². The summed E-state index contributed by atoms with van der Waals surface area (Å²) in [5, 5.41) is 16.7. The first-order valence-electron chi connectivity index (χ1n) is 13.0. The number of nitrogens with zero attached hydrogens (tertiary/aromatic N) is 8. The summed E-state index contributed by atoms with van der Waals surface area (Å²) in [6.07, 6.45) is 16.4. The van der Waals surface area contributed by atoms with Crippen molar-refractivity contribution < 1.29 is 0 Å². The number of aryl methyl sites for hydroxylation is 4. The Balaban J connectivity index is 1.12. The third-order valence-corrected chi connectivity index (χ3v) is 6.58. The molecule has 3 rings (SSSR count). The van der Waals surface area contributed by atoms with Crippen molar-refractivity contribution in [3.8, 4) is 0 Å². The van der Waals surface area contributed by atoms with Gasteiger partial charge in [0.2, 0.25) is 0 Å². The first kappa shape index (κ1) is 24.8. The maximum atomic E-state index is 4.19. The molecule has 0 bridgehead atoms. The van der Waals surface area contributed by atoms with Crippen molar-refractivity contribution in [2.45, 2.75) is 91.1 Å². The predicted octanol–water partition coefficient (Wildman–Crippen LogP) is 3.43. The Morgan fingerprint density at radius 1 is 0.562 bits per heavy atom. The first-order valence-corrected chi connectivity index (χ1v) is 13.0. The molecule has 0 aromatic carbocycles. The van der Waals surface area contributed by atoms with Crippen molar-refractivity contribution >= 4 is 0 Å². The van der Waals surface area contributed by atoms with E-state index in [1.807, 2.05) is 9.36 Å². The Bertz CT molecular complexity index is 670. The van der Waals surface area contributed by atoms with E-state index in [9.17, 15) is 0 Å². The smallest absolute Gasteiger partial charge is 0.0824 e. The lowest BCUT2D eigenvalue weighted by atomic mass is 10.1. The van der Waals surface area contributed by atoms with Crippen LogP contribution in [0.25, 0.3) is 0 Å². The van der Waals surface area contributed by atoms with Gasteiger partial charge in [-0.15, -0.1) is 10.2 Å². The Kier molecular flexibility index (Phi) is 11.2. The minimum atomic E-state index is 0.970. The lowest BCUT2D eigenvalue weighted by molar-refractivity contribution is 0.129. The van der Waals surface area contributed by atoms with Crippen LogP contribution in [0.15, 0.2) is 12.4 Å². The molecule has 2 aromatic heterocycles. The van der Waals surface area contributed by atoms with Gasteiger partial charge in [0.05, 0.1) is 11.4 Å². The van der Waals surface area contributed by atoms with Crippen molar-refractivity contribution in [2.24, 2.45) is 0 Å². The van der Waals surface area contributed by atoms with Crippen LogP contribution in [0.4, 0.5) is 0 Å². The number of aromatic nitrogens is 6. The molecule has 1 saturated heterocycles. The van der Waals surface area contributed by atoms with E-state index in [1.54, 1.807) is 0 Å². The van der Waals surface area contributed by atoms with Crippen molar-refractivity contribution in [1.29, 1.82) is 0 Å². The Morgan fingerprint density at radius 3 is 1.28 bits per heavy atom. The molecule has 8 heteroatoms. The zero-order chi connectivity index (χ0) is 22.4. The van der Waals surface area contributed by atoms with E-state index in [0.717, 1.165) is 37.3 Å². The Hall–Kier alpha value is -1.80. The molecule has 0 radical (unpaired) electrons. The number of piperazine rings is 1. The minimum absolute atomic E-state index is 0.970. The van der Waals surface area contributed by atoms with Gasteiger partial charge in [-0.25, -0.2) is 0 Å². The van der Waals surface area contributed by atoms with Gasteiger partial charge in [-0.1, -0.05) is 50.0 Å². The second-order valence-electron chi connectivity index (χ2n) is 9.16. The predicted molar refractivity (Wildman–Crippen MR) is 129 cm³/mol. The van der Waals surface area contributed by atoms with Crippen molar-refractivity contribution in [1.82, 2.24) is 39.8 Å². The highest BCUT2D eigenvalue weighted by atomic mass is 15.4. The second kappa shape index (κ2) is 14.4. The van der Waals surface area contributed by atoms with Crippen molar-refractivity contribution in [3.63, 3.8) is 0 Å². The summed E-state index contributed by atoms with van der Waals surface area (Å²) in [6, 6.07) is 0. The monoisotopic (exact) mass is 444 g/mol. The number of hydrogen-bond acceptors (Lipinski definition) is 6. The van der Waals surface area contributed by atoms with Crippen molar-refractivity contribution in [3.05, 3.63) is 23.8 Å². The molecule has 1 aliphatic rings. The molecule has 3 heterocycles. The zero-order valence-electron chi connectivity index (χ0n) is 20.5. The lowest BCUT2D eigenvalue weighted by Crippen LogP contribution is -2.46. The van der Waals surface area contributed by atoms with E-state index >= 15 is 0 Å². The molecular formula is C24H44N8. The standard InChI is InChI=1S/C24H44N8/c1-3-23-21-31(27-25-23)15-11-7-5-9-13-29-17-19-30(20-18-29)14-10-6-8-12-16-32-22-24(4-2)26-28-32/h21-22H,3-20H2,1-2H3. The summed E-state index contributed by atoms with van der Waals surface area (Å²) in [7, 11) is 0. The first-order chi connectivity index (χ1) is 15.8. The highest BCUT2D eigenvalue weighted by Gasteiger charge is 2.15. The van der Waals surface area contributed by atoms with Gasteiger partial charge in [0.25, 0.3) is 0 Å². The molecule has 0 atom stereocenters. The fraction of sp³-hybridized carbons (Fsp3) is 0.833. The Labute approximate surface area is 194 Å². The van der Waals surface area contributed by atoms with Crippen LogP contribution >= 0.6 is 0 Å². The molecule has 0 N–H and O–H groups in total. The van der Waals surface area contributed by atoms with E-state index in [-0.39, 0.29) is 0 Å². The van der Waals surface area contributed by atoms with E-state index in [4.69, 9.17) is 0 Å². The molecule has 0 saturated carbocycles. The van der Waals surface area contributed by atoms with E-state index in [1.165, 1.54) is 90.6 Å². The molecule has 0 unspecified atom stereocenters. The fourth-order valence-electron chi connectivity index (χ4n) is 4.38. The van der Waals surface area contributed by atoms with Gasteiger partial charge < -0.3 is 9.80 Å². The van der Waals surface area contributed by atoms with Gasteiger partial charge in [-0.2, -0.15) is 0 Å². The average Bonchev–Trinajstić information content (AvgIpc) is 3.48. The van der Waals surface area contributed by atoms with Gasteiger partial charge in [0, 0.05) is 51.7 Å². The number of unbranched alkanes of at least 4 members (excludes halogenated alkanes) is 6. The number of rotatable bonds is 16. The molecule has 2 aromatic rings. The largest absolute Gasteiger partial charge is 0.301 e.